The summed E-state index contributed by atoms with van der Waals surface area (Å²) in [6, 6.07) is 0. The molecule has 0 radical (unpaired) electrons. The van der Waals surface area contributed by atoms with E-state index in [1.807, 2.05) is 0 Å². The van der Waals surface area contributed by atoms with Crippen LogP contribution in [0.5, 0.6) is 0 Å². The second kappa shape index (κ2) is 5.89. The fourth-order valence-corrected chi connectivity index (χ4v) is 3.39. The summed E-state index contributed by atoms with van der Waals surface area (Å²) in [6.45, 7) is 2.62. The molecule has 8 heteroatoms. The molecule has 7 nitrogen and oxygen atoms in total. The minimum absolute atomic E-state index is 0.0240. The van der Waals surface area contributed by atoms with Crippen molar-refractivity contribution < 1.29 is 8.42 Å². The van der Waals surface area contributed by atoms with Gasteiger partial charge in [0.1, 0.15) is 10.7 Å². The Balaban J connectivity index is 1.81. The molecule has 2 heterocycles. The minimum atomic E-state index is -3.54. The number of sulfonamides is 1. The molecule has 1 aliphatic rings. The molecule has 0 atom stereocenters. The standard InChI is InChI=1S/C11H21N5O2S/c1-16-6-3-9(4-7-16)2-5-14-19(17,18)10-8-13-15-11(10)12/h8-9,14H,2-7H2,1H3,(H3,12,13,15). The number of nitrogens with zero attached hydrogens (tertiary/aromatic N) is 2. The van der Waals surface area contributed by atoms with Crippen molar-refractivity contribution in [3.63, 3.8) is 0 Å². The summed E-state index contributed by atoms with van der Waals surface area (Å²) in [7, 11) is -1.43. The minimum Gasteiger partial charge on any atom is -0.383 e. The topological polar surface area (TPSA) is 104 Å². The van der Waals surface area contributed by atoms with Crippen molar-refractivity contribution in [1.29, 1.82) is 0 Å². The molecule has 0 aliphatic carbocycles. The zero-order chi connectivity index (χ0) is 13.9. The van der Waals surface area contributed by atoms with Crippen LogP contribution in [0, 0.1) is 5.92 Å². The first-order valence-corrected chi connectivity index (χ1v) is 7.94. The van der Waals surface area contributed by atoms with Gasteiger partial charge in [0, 0.05) is 6.54 Å². The predicted molar refractivity (Wildman–Crippen MR) is 73.0 cm³/mol. The van der Waals surface area contributed by atoms with Gasteiger partial charge in [0.15, 0.2) is 0 Å². The first-order valence-electron chi connectivity index (χ1n) is 6.46. The third-order valence-electron chi connectivity index (χ3n) is 3.60. The Hall–Kier alpha value is -1.12. The van der Waals surface area contributed by atoms with E-state index in [0.717, 1.165) is 32.4 Å². The normalized spacial score (nSPS) is 18.8. The number of aromatic amines is 1. The molecule has 1 aromatic heterocycles. The van der Waals surface area contributed by atoms with Crippen molar-refractivity contribution >= 4 is 15.8 Å². The zero-order valence-corrected chi connectivity index (χ0v) is 11.9. The summed E-state index contributed by atoms with van der Waals surface area (Å²) < 4.78 is 26.5. The lowest BCUT2D eigenvalue weighted by molar-refractivity contribution is 0.213. The lowest BCUT2D eigenvalue weighted by Crippen LogP contribution is -2.32. The quantitative estimate of drug-likeness (QED) is 0.707. The van der Waals surface area contributed by atoms with Crippen molar-refractivity contribution in [2.75, 3.05) is 32.4 Å². The third kappa shape index (κ3) is 3.68. The molecule has 108 valence electrons. The largest absolute Gasteiger partial charge is 0.383 e. The Morgan fingerprint density at radius 3 is 2.79 bits per heavy atom. The highest BCUT2D eigenvalue weighted by atomic mass is 32.2. The number of nitrogen functional groups attached to an aromatic ring is 1. The number of likely N-dealkylation sites (tertiary alicyclic amines) is 1. The van der Waals surface area contributed by atoms with E-state index in [4.69, 9.17) is 5.73 Å². The van der Waals surface area contributed by atoms with Crippen LogP contribution >= 0.6 is 0 Å². The molecule has 1 aromatic rings. The van der Waals surface area contributed by atoms with Crippen LogP contribution in [0.2, 0.25) is 0 Å². The second-order valence-electron chi connectivity index (χ2n) is 5.08. The smallest absolute Gasteiger partial charge is 0.245 e. The van der Waals surface area contributed by atoms with Gasteiger partial charge in [-0.3, -0.25) is 5.10 Å². The van der Waals surface area contributed by atoms with E-state index in [-0.39, 0.29) is 10.7 Å². The maximum atomic E-state index is 11.9. The Labute approximate surface area is 113 Å². The first kappa shape index (κ1) is 14.3. The average Bonchev–Trinajstić information content (AvgIpc) is 2.79. The van der Waals surface area contributed by atoms with E-state index in [1.54, 1.807) is 0 Å². The monoisotopic (exact) mass is 287 g/mol. The summed E-state index contributed by atoms with van der Waals surface area (Å²) in [4.78, 5) is 2.32. The fraction of sp³-hybridized carbons (Fsp3) is 0.727. The highest BCUT2D eigenvalue weighted by Gasteiger charge is 2.21. The van der Waals surface area contributed by atoms with E-state index in [2.05, 4.69) is 26.9 Å². The Morgan fingerprint density at radius 2 is 2.21 bits per heavy atom. The number of nitrogens with one attached hydrogen (secondary N) is 2. The SMILES string of the molecule is CN1CCC(CCNS(=O)(=O)c2cn[nH]c2N)CC1. The van der Waals surface area contributed by atoms with Gasteiger partial charge in [-0.1, -0.05) is 0 Å². The van der Waals surface area contributed by atoms with Crippen LogP contribution in [-0.4, -0.2) is 50.2 Å². The molecule has 1 fully saturated rings. The van der Waals surface area contributed by atoms with Crippen LogP contribution in [0.3, 0.4) is 0 Å². The highest BCUT2D eigenvalue weighted by molar-refractivity contribution is 7.89. The maximum absolute atomic E-state index is 11.9. The Morgan fingerprint density at radius 1 is 1.53 bits per heavy atom. The van der Waals surface area contributed by atoms with Crippen LogP contribution in [0.25, 0.3) is 0 Å². The van der Waals surface area contributed by atoms with Crippen LogP contribution in [0.15, 0.2) is 11.1 Å². The van der Waals surface area contributed by atoms with Gasteiger partial charge in [0.25, 0.3) is 0 Å². The molecule has 4 N–H and O–H groups in total. The molecular formula is C11H21N5O2S. The molecule has 1 saturated heterocycles. The molecular weight excluding hydrogens is 266 g/mol. The number of piperidine rings is 1. The van der Waals surface area contributed by atoms with Gasteiger partial charge in [0.2, 0.25) is 10.0 Å². The fourth-order valence-electron chi connectivity index (χ4n) is 2.33. The molecule has 0 bridgehead atoms. The van der Waals surface area contributed by atoms with Gasteiger partial charge in [-0.15, -0.1) is 0 Å². The molecule has 0 aromatic carbocycles. The molecule has 0 amide bonds. The predicted octanol–water partition coefficient (Wildman–Crippen LogP) is 0.00210. The molecule has 19 heavy (non-hydrogen) atoms. The third-order valence-corrected chi connectivity index (χ3v) is 5.09. The van der Waals surface area contributed by atoms with Gasteiger partial charge < -0.3 is 10.6 Å². The lowest BCUT2D eigenvalue weighted by atomic mass is 9.94. The Bertz CT molecular complexity index is 505. The van der Waals surface area contributed by atoms with Crippen molar-refractivity contribution in [3.05, 3.63) is 6.20 Å². The Kier molecular flexibility index (Phi) is 4.43. The summed E-state index contributed by atoms with van der Waals surface area (Å²) in [5, 5.41) is 6.04. The molecule has 0 saturated carbocycles. The van der Waals surface area contributed by atoms with Gasteiger partial charge in [0.05, 0.1) is 6.20 Å². The highest BCUT2D eigenvalue weighted by Crippen LogP contribution is 2.19. The van der Waals surface area contributed by atoms with Gasteiger partial charge in [-0.2, -0.15) is 5.10 Å². The summed E-state index contributed by atoms with van der Waals surface area (Å²) >= 11 is 0. The maximum Gasteiger partial charge on any atom is 0.245 e. The molecule has 0 spiro atoms. The number of rotatable bonds is 5. The van der Waals surface area contributed by atoms with Crippen LogP contribution in [-0.2, 0) is 10.0 Å². The average molecular weight is 287 g/mol. The summed E-state index contributed by atoms with van der Waals surface area (Å²) in [6.07, 6.45) is 4.36. The number of anilines is 1. The number of nitrogens with two attached hydrogens (primary N) is 1. The molecule has 0 unspecified atom stereocenters. The van der Waals surface area contributed by atoms with E-state index in [9.17, 15) is 8.42 Å². The van der Waals surface area contributed by atoms with Crippen LogP contribution in [0.1, 0.15) is 19.3 Å². The van der Waals surface area contributed by atoms with Gasteiger partial charge in [-0.25, -0.2) is 13.1 Å². The summed E-state index contributed by atoms with van der Waals surface area (Å²) in [5.74, 6) is 0.674. The van der Waals surface area contributed by atoms with E-state index >= 15 is 0 Å². The number of aromatic nitrogens is 2. The lowest BCUT2D eigenvalue weighted by Gasteiger charge is -2.28. The van der Waals surface area contributed by atoms with E-state index in [0.29, 0.717) is 12.5 Å². The van der Waals surface area contributed by atoms with Crippen LogP contribution in [0.4, 0.5) is 5.82 Å². The van der Waals surface area contributed by atoms with E-state index in [1.165, 1.54) is 6.20 Å². The van der Waals surface area contributed by atoms with Crippen molar-refractivity contribution in [2.24, 2.45) is 5.92 Å². The summed E-state index contributed by atoms with van der Waals surface area (Å²) in [5.41, 5.74) is 5.51. The second-order valence-corrected chi connectivity index (χ2v) is 6.82. The first-order chi connectivity index (χ1) is 8.99. The van der Waals surface area contributed by atoms with Gasteiger partial charge >= 0.3 is 0 Å². The number of H-pyrrole nitrogens is 1. The zero-order valence-electron chi connectivity index (χ0n) is 11.1. The van der Waals surface area contributed by atoms with Crippen LogP contribution < -0.4 is 10.5 Å². The molecule has 2 rings (SSSR count). The number of hydrogen-bond donors (Lipinski definition) is 3. The van der Waals surface area contributed by atoms with Crippen molar-refractivity contribution in [3.8, 4) is 0 Å². The van der Waals surface area contributed by atoms with Crippen molar-refractivity contribution in [2.45, 2.75) is 24.2 Å². The number of hydrogen-bond acceptors (Lipinski definition) is 5. The van der Waals surface area contributed by atoms with Gasteiger partial charge in [-0.05, 0) is 45.3 Å². The molecule has 1 aliphatic heterocycles. The van der Waals surface area contributed by atoms with Crippen molar-refractivity contribution in [1.82, 2.24) is 19.8 Å². The van der Waals surface area contributed by atoms with E-state index < -0.39 is 10.0 Å².